The van der Waals surface area contributed by atoms with Gasteiger partial charge in [0, 0.05) is 30.8 Å². The lowest BCUT2D eigenvalue weighted by Gasteiger charge is -2.28. The molecular formula is C18H24N2O2. The van der Waals surface area contributed by atoms with Gasteiger partial charge in [0.15, 0.2) is 0 Å². The van der Waals surface area contributed by atoms with Crippen molar-refractivity contribution in [3.8, 4) is 0 Å². The normalized spacial score (nSPS) is 18.4. The third kappa shape index (κ3) is 3.16. The van der Waals surface area contributed by atoms with E-state index < -0.39 is 0 Å². The lowest BCUT2D eigenvalue weighted by Crippen LogP contribution is -2.34. The summed E-state index contributed by atoms with van der Waals surface area (Å²) in [7, 11) is 0. The Morgan fingerprint density at radius 1 is 1.27 bits per heavy atom. The van der Waals surface area contributed by atoms with Gasteiger partial charge in [0.25, 0.3) is 0 Å². The molecule has 4 nitrogen and oxygen atoms in total. The summed E-state index contributed by atoms with van der Waals surface area (Å²) in [6.07, 6.45) is 6.85. The number of nitrogens with zero attached hydrogens (tertiary/aromatic N) is 1. The highest BCUT2D eigenvalue weighted by molar-refractivity contribution is 5.97. The Kier molecular flexibility index (Phi) is 4.46. The van der Waals surface area contributed by atoms with E-state index in [0.717, 1.165) is 23.4 Å². The fourth-order valence-electron chi connectivity index (χ4n) is 3.67. The van der Waals surface area contributed by atoms with Crippen molar-refractivity contribution in [3.05, 3.63) is 23.8 Å². The van der Waals surface area contributed by atoms with Gasteiger partial charge < -0.3 is 10.2 Å². The van der Waals surface area contributed by atoms with E-state index in [2.05, 4.69) is 5.32 Å². The van der Waals surface area contributed by atoms with Gasteiger partial charge >= 0.3 is 0 Å². The molecule has 1 aromatic rings. The molecule has 0 atom stereocenters. The maximum absolute atomic E-state index is 12.1. The molecule has 118 valence electrons. The topological polar surface area (TPSA) is 49.4 Å². The van der Waals surface area contributed by atoms with Gasteiger partial charge in [-0.3, -0.25) is 9.59 Å². The molecule has 2 aliphatic rings. The maximum atomic E-state index is 12.1. The van der Waals surface area contributed by atoms with Crippen LogP contribution >= 0.6 is 0 Å². The van der Waals surface area contributed by atoms with Crippen molar-refractivity contribution in [1.29, 1.82) is 0 Å². The van der Waals surface area contributed by atoms with Gasteiger partial charge in [0.05, 0.1) is 0 Å². The van der Waals surface area contributed by atoms with E-state index in [0.29, 0.717) is 25.3 Å². The van der Waals surface area contributed by atoms with Crippen LogP contribution in [-0.2, 0) is 16.0 Å². The van der Waals surface area contributed by atoms with Crippen LogP contribution in [0.5, 0.6) is 0 Å². The van der Waals surface area contributed by atoms with Crippen LogP contribution in [0.4, 0.5) is 11.4 Å². The highest BCUT2D eigenvalue weighted by atomic mass is 16.2. The average molecular weight is 300 g/mol. The molecule has 0 spiro atoms. The Morgan fingerprint density at radius 2 is 2.05 bits per heavy atom. The second-order valence-corrected chi connectivity index (χ2v) is 6.38. The largest absolute Gasteiger partial charge is 0.326 e. The lowest BCUT2D eigenvalue weighted by molar-refractivity contribution is -0.119. The number of hydrogen-bond donors (Lipinski definition) is 1. The molecular weight excluding hydrogens is 276 g/mol. The van der Waals surface area contributed by atoms with E-state index >= 15 is 0 Å². The van der Waals surface area contributed by atoms with Crippen molar-refractivity contribution in [3.63, 3.8) is 0 Å². The summed E-state index contributed by atoms with van der Waals surface area (Å²) in [4.78, 5) is 25.9. The van der Waals surface area contributed by atoms with Crippen LogP contribution in [0.2, 0.25) is 0 Å². The first-order chi connectivity index (χ1) is 10.7. The monoisotopic (exact) mass is 300 g/mol. The zero-order valence-electron chi connectivity index (χ0n) is 13.2. The number of anilines is 2. The number of hydrogen-bond acceptors (Lipinski definition) is 2. The summed E-state index contributed by atoms with van der Waals surface area (Å²) >= 11 is 0. The number of aryl methyl sites for hydroxylation is 1. The Morgan fingerprint density at radius 3 is 2.77 bits per heavy atom. The molecule has 1 fully saturated rings. The van der Waals surface area contributed by atoms with Crippen LogP contribution in [-0.4, -0.2) is 18.4 Å². The van der Waals surface area contributed by atoms with Gasteiger partial charge in [0.2, 0.25) is 11.8 Å². The Balaban J connectivity index is 1.68. The number of carbonyl (C=O) groups is 2. The van der Waals surface area contributed by atoms with Crippen molar-refractivity contribution in [2.24, 2.45) is 5.92 Å². The van der Waals surface area contributed by atoms with Crippen LogP contribution < -0.4 is 10.2 Å². The number of rotatable bonds is 4. The van der Waals surface area contributed by atoms with Gasteiger partial charge in [-0.25, -0.2) is 0 Å². The van der Waals surface area contributed by atoms with E-state index in [1.54, 1.807) is 0 Å². The smallest absolute Gasteiger partial charge is 0.227 e. The predicted molar refractivity (Wildman–Crippen MR) is 88.0 cm³/mol. The fourth-order valence-corrected chi connectivity index (χ4v) is 3.67. The van der Waals surface area contributed by atoms with E-state index in [1.165, 1.54) is 25.7 Å². The second kappa shape index (κ2) is 6.51. The fraction of sp³-hybridized carbons (Fsp3) is 0.556. The SMILES string of the molecule is CCN1C(=O)CCc2cc(NC(=O)CC3CCCC3)ccc21. The standard InChI is InChI=1S/C18H24N2O2/c1-2-20-16-9-8-15(12-14(16)7-10-18(20)22)19-17(21)11-13-5-3-4-6-13/h8-9,12-13H,2-7,10-11H2,1H3,(H,19,21). The van der Waals surface area contributed by atoms with E-state index in [1.807, 2.05) is 30.0 Å². The molecule has 0 unspecified atom stereocenters. The Bertz CT molecular complexity index is 576. The van der Waals surface area contributed by atoms with Gasteiger partial charge in [0.1, 0.15) is 0 Å². The summed E-state index contributed by atoms with van der Waals surface area (Å²) in [6, 6.07) is 5.89. The van der Waals surface area contributed by atoms with Crippen LogP contribution in [0.25, 0.3) is 0 Å². The summed E-state index contributed by atoms with van der Waals surface area (Å²) in [5.41, 5.74) is 3.00. The molecule has 0 bridgehead atoms. The van der Waals surface area contributed by atoms with Crippen molar-refractivity contribution in [1.82, 2.24) is 0 Å². The van der Waals surface area contributed by atoms with Crippen LogP contribution in [0.3, 0.4) is 0 Å². The molecule has 3 rings (SSSR count). The van der Waals surface area contributed by atoms with Crippen LogP contribution in [0.15, 0.2) is 18.2 Å². The first kappa shape index (κ1) is 15.1. The third-order valence-electron chi connectivity index (χ3n) is 4.83. The zero-order valence-corrected chi connectivity index (χ0v) is 13.2. The highest BCUT2D eigenvalue weighted by Gasteiger charge is 2.23. The number of amides is 2. The summed E-state index contributed by atoms with van der Waals surface area (Å²) < 4.78 is 0. The molecule has 0 aromatic heterocycles. The van der Waals surface area contributed by atoms with Crippen molar-refractivity contribution >= 4 is 23.2 Å². The number of benzene rings is 1. The zero-order chi connectivity index (χ0) is 15.5. The molecule has 0 saturated heterocycles. The molecule has 4 heteroatoms. The number of fused-ring (bicyclic) bond motifs is 1. The second-order valence-electron chi connectivity index (χ2n) is 6.38. The van der Waals surface area contributed by atoms with Crippen molar-refractivity contribution in [2.45, 2.75) is 51.9 Å². The minimum absolute atomic E-state index is 0.117. The van der Waals surface area contributed by atoms with Gasteiger partial charge in [-0.1, -0.05) is 12.8 Å². The average Bonchev–Trinajstić information content (AvgIpc) is 3.00. The maximum Gasteiger partial charge on any atom is 0.227 e. The van der Waals surface area contributed by atoms with E-state index in [-0.39, 0.29) is 11.8 Å². The molecule has 2 amide bonds. The highest BCUT2D eigenvalue weighted by Crippen LogP contribution is 2.31. The van der Waals surface area contributed by atoms with Gasteiger partial charge in [-0.05, 0) is 55.9 Å². The Labute approximate surface area is 131 Å². The lowest BCUT2D eigenvalue weighted by atomic mass is 10.00. The van der Waals surface area contributed by atoms with E-state index in [9.17, 15) is 9.59 Å². The first-order valence-electron chi connectivity index (χ1n) is 8.40. The molecule has 1 aliphatic carbocycles. The third-order valence-corrected chi connectivity index (χ3v) is 4.83. The quantitative estimate of drug-likeness (QED) is 0.925. The van der Waals surface area contributed by atoms with Crippen LogP contribution in [0.1, 0.15) is 51.0 Å². The van der Waals surface area contributed by atoms with Gasteiger partial charge in [-0.15, -0.1) is 0 Å². The van der Waals surface area contributed by atoms with E-state index in [4.69, 9.17) is 0 Å². The molecule has 1 aromatic carbocycles. The minimum Gasteiger partial charge on any atom is -0.326 e. The van der Waals surface area contributed by atoms with Crippen LogP contribution in [0, 0.1) is 5.92 Å². The minimum atomic E-state index is 0.117. The number of carbonyl (C=O) groups excluding carboxylic acids is 2. The summed E-state index contributed by atoms with van der Waals surface area (Å²) in [6.45, 7) is 2.68. The molecule has 22 heavy (non-hydrogen) atoms. The van der Waals surface area contributed by atoms with Crippen molar-refractivity contribution < 1.29 is 9.59 Å². The van der Waals surface area contributed by atoms with Gasteiger partial charge in [-0.2, -0.15) is 0 Å². The first-order valence-corrected chi connectivity index (χ1v) is 8.40. The molecule has 1 aliphatic heterocycles. The van der Waals surface area contributed by atoms with Crippen molar-refractivity contribution in [2.75, 3.05) is 16.8 Å². The predicted octanol–water partition coefficient (Wildman–Crippen LogP) is 3.50. The Hall–Kier alpha value is -1.84. The summed E-state index contributed by atoms with van der Waals surface area (Å²) in [5.74, 6) is 0.866. The molecule has 1 heterocycles. The summed E-state index contributed by atoms with van der Waals surface area (Å²) in [5, 5.41) is 3.02. The molecule has 0 radical (unpaired) electrons. The number of nitrogens with one attached hydrogen (secondary N) is 1. The molecule has 1 N–H and O–H groups in total. The molecule has 1 saturated carbocycles.